The van der Waals surface area contributed by atoms with Gasteiger partial charge in [-0.05, 0) is 93.0 Å². The van der Waals surface area contributed by atoms with Crippen molar-refractivity contribution in [3.05, 3.63) is 47.2 Å². The number of likely N-dealkylation sites (tertiary alicyclic amines) is 1. The molecule has 5 aliphatic rings. The summed E-state index contributed by atoms with van der Waals surface area (Å²) >= 11 is 0. The molecule has 0 radical (unpaired) electrons. The van der Waals surface area contributed by atoms with E-state index in [0.29, 0.717) is 32.1 Å². The summed E-state index contributed by atoms with van der Waals surface area (Å²) in [6.45, 7) is 6.49. The number of sulfonamides is 1. The predicted molar refractivity (Wildman–Crippen MR) is 172 cm³/mol. The average Bonchev–Trinajstić information content (AvgIpc) is 3.49. The van der Waals surface area contributed by atoms with E-state index in [-0.39, 0.29) is 29.2 Å². The Hall–Kier alpha value is -2.53. The van der Waals surface area contributed by atoms with E-state index < -0.39 is 10.0 Å². The lowest BCUT2D eigenvalue weighted by Crippen LogP contribution is -2.46. The number of urea groups is 1. The SMILES string of the molecule is CCS(=O)(=O)N1CCC(CNC(=O)N2CC3(CCCC3)c3nc(-c4cc(CN5CC[C@@H](O)C5)ccc4C4CC4)ccc32)CC1. The number of piperidine rings is 1. The molecule has 4 heterocycles. The zero-order valence-corrected chi connectivity index (χ0v) is 26.8. The van der Waals surface area contributed by atoms with Crippen molar-refractivity contribution in [3.8, 4) is 11.3 Å². The van der Waals surface area contributed by atoms with Gasteiger partial charge in [0.25, 0.3) is 0 Å². The monoisotopic (exact) mass is 621 g/mol. The number of aliphatic hydroxyl groups excluding tert-OH is 1. The van der Waals surface area contributed by atoms with Crippen LogP contribution in [0.1, 0.15) is 87.4 Å². The van der Waals surface area contributed by atoms with E-state index in [1.165, 1.54) is 29.5 Å². The Balaban J connectivity index is 1.10. The van der Waals surface area contributed by atoms with Crippen molar-refractivity contribution in [2.45, 2.75) is 88.7 Å². The van der Waals surface area contributed by atoms with Crippen molar-refractivity contribution in [1.29, 1.82) is 0 Å². The lowest BCUT2D eigenvalue weighted by atomic mass is 9.84. The molecule has 2 aromatic rings. The molecular weight excluding hydrogens is 574 g/mol. The number of hydrogen-bond acceptors (Lipinski definition) is 6. The molecule has 3 aliphatic heterocycles. The topological polar surface area (TPSA) is 106 Å². The van der Waals surface area contributed by atoms with Gasteiger partial charge in [0.05, 0.1) is 28.9 Å². The summed E-state index contributed by atoms with van der Waals surface area (Å²) in [5.41, 5.74) is 6.80. The number of carbonyl (C=O) groups is 1. The van der Waals surface area contributed by atoms with Crippen molar-refractivity contribution >= 4 is 21.7 Å². The van der Waals surface area contributed by atoms with Gasteiger partial charge in [-0.3, -0.25) is 9.80 Å². The van der Waals surface area contributed by atoms with E-state index in [1.807, 2.05) is 4.90 Å². The molecule has 0 bridgehead atoms. The highest BCUT2D eigenvalue weighted by atomic mass is 32.2. The molecule has 2 aliphatic carbocycles. The smallest absolute Gasteiger partial charge is 0.321 e. The molecule has 44 heavy (non-hydrogen) atoms. The second-order valence-electron chi connectivity index (χ2n) is 13.9. The molecular formula is C34H47N5O4S. The number of β-amino-alcohol motifs (C(OH)–C–C–N with tert-alkyl or cyclic N) is 1. The lowest BCUT2D eigenvalue weighted by Gasteiger charge is -2.31. The number of benzene rings is 1. The molecule has 1 aromatic carbocycles. The van der Waals surface area contributed by atoms with Crippen LogP contribution in [0.3, 0.4) is 0 Å². The molecule has 2 saturated heterocycles. The van der Waals surface area contributed by atoms with E-state index in [4.69, 9.17) is 4.98 Å². The normalized spacial score (nSPS) is 24.3. The zero-order chi connectivity index (χ0) is 30.5. The molecule has 1 atom stereocenters. The molecule has 0 unspecified atom stereocenters. The third-order valence-electron chi connectivity index (χ3n) is 10.9. The number of pyridine rings is 1. The Morgan fingerprint density at radius 2 is 1.82 bits per heavy atom. The van der Waals surface area contributed by atoms with Gasteiger partial charge in [0.1, 0.15) is 0 Å². The number of nitrogens with one attached hydrogen (secondary N) is 1. The van der Waals surface area contributed by atoms with Crippen LogP contribution in [-0.2, 0) is 22.0 Å². The van der Waals surface area contributed by atoms with Gasteiger partial charge < -0.3 is 10.4 Å². The van der Waals surface area contributed by atoms with E-state index in [0.717, 1.165) is 81.7 Å². The van der Waals surface area contributed by atoms with Crippen LogP contribution < -0.4 is 10.2 Å². The fourth-order valence-corrected chi connectivity index (χ4v) is 9.22. The highest BCUT2D eigenvalue weighted by Crippen LogP contribution is 2.51. The standard InChI is InChI=1S/C34H47N5O4S/c1-2-44(42,43)38-17-11-24(12-18-38)20-35-33(41)39-23-34(14-3-4-15-34)32-31(39)10-9-30(36-32)29-19-25(5-8-28(29)26-6-7-26)21-37-16-13-27(40)22-37/h5,8-10,19,24,26-27,40H,2-4,6-7,11-18,20-23H2,1H3,(H,35,41)/t27-/m1/s1. The van der Waals surface area contributed by atoms with Crippen molar-refractivity contribution in [3.63, 3.8) is 0 Å². The Labute approximate surface area is 262 Å². The lowest BCUT2D eigenvalue weighted by molar-refractivity contribution is 0.175. The molecule has 2 amide bonds. The molecule has 2 N–H and O–H groups in total. The second kappa shape index (κ2) is 12.0. The molecule has 7 rings (SSSR count). The minimum absolute atomic E-state index is 0.0679. The number of aromatic nitrogens is 1. The number of nitrogens with zero attached hydrogens (tertiary/aromatic N) is 4. The van der Waals surface area contributed by atoms with E-state index in [1.54, 1.807) is 11.2 Å². The zero-order valence-electron chi connectivity index (χ0n) is 26.0. The minimum Gasteiger partial charge on any atom is -0.392 e. The first-order chi connectivity index (χ1) is 21.2. The van der Waals surface area contributed by atoms with Crippen LogP contribution in [-0.4, -0.2) is 84.9 Å². The summed E-state index contributed by atoms with van der Waals surface area (Å²) in [6.07, 6.45) is 9.02. The minimum atomic E-state index is -3.15. The van der Waals surface area contributed by atoms with Gasteiger partial charge in [0.2, 0.25) is 10.0 Å². The molecule has 10 heteroatoms. The van der Waals surface area contributed by atoms with Crippen molar-refractivity contribution in [2.24, 2.45) is 5.92 Å². The summed E-state index contributed by atoms with van der Waals surface area (Å²) < 4.78 is 26.1. The Bertz CT molecular complexity index is 1490. The van der Waals surface area contributed by atoms with E-state index >= 15 is 0 Å². The number of anilines is 1. The molecule has 4 fully saturated rings. The number of rotatable bonds is 8. The van der Waals surface area contributed by atoms with Gasteiger partial charge in [0, 0.05) is 56.8 Å². The Morgan fingerprint density at radius 3 is 2.50 bits per heavy atom. The van der Waals surface area contributed by atoms with Crippen molar-refractivity contribution in [2.75, 3.05) is 49.9 Å². The van der Waals surface area contributed by atoms with Crippen LogP contribution in [0.5, 0.6) is 0 Å². The van der Waals surface area contributed by atoms with Crippen LogP contribution in [0, 0.1) is 5.92 Å². The molecule has 2 saturated carbocycles. The number of hydrogen-bond donors (Lipinski definition) is 2. The maximum Gasteiger partial charge on any atom is 0.321 e. The maximum atomic E-state index is 13.7. The summed E-state index contributed by atoms with van der Waals surface area (Å²) in [5, 5.41) is 13.2. The van der Waals surface area contributed by atoms with Crippen molar-refractivity contribution in [1.82, 2.24) is 19.5 Å². The van der Waals surface area contributed by atoms with Gasteiger partial charge in [-0.1, -0.05) is 25.0 Å². The van der Waals surface area contributed by atoms with Gasteiger partial charge in [0.15, 0.2) is 0 Å². The second-order valence-corrected chi connectivity index (χ2v) is 16.2. The van der Waals surface area contributed by atoms with Gasteiger partial charge in [-0.25, -0.2) is 22.5 Å². The van der Waals surface area contributed by atoms with Gasteiger partial charge in [-0.2, -0.15) is 0 Å². The molecule has 238 valence electrons. The van der Waals surface area contributed by atoms with Crippen LogP contribution in [0.25, 0.3) is 11.3 Å². The average molecular weight is 622 g/mol. The Morgan fingerprint density at radius 1 is 1.05 bits per heavy atom. The molecule has 9 nitrogen and oxygen atoms in total. The Kier molecular flexibility index (Phi) is 8.22. The first-order valence-electron chi connectivity index (χ1n) is 16.8. The third kappa shape index (κ3) is 5.90. The van der Waals surface area contributed by atoms with Crippen LogP contribution in [0.15, 0.2) is 30.3 Å². The number of fused-ring (bicyclic) bond motifs is 2. The van der Waals surface area contributed by atoms with Crippen LogP contribution in [0.4, 0.5) is 10.5 Å². The quantitative estimate of drug-likeness (QED) is 0.447. The molecule has 1 spiro atoms. The molecule has 1 aromatic heterocycles. The highest BCUT2D eigenvalue weighted by Gasteiger charge is 2.48. The fraction of sp³-hybridized carbons (Fsp3) is 0.647. The number of aliphatic hydroxyl groups is 1. The van der Waals surface area contributed by atoms with Gasteiger partial charge >= 0.3 is 6.03 Å². The fourth-order valence-electron chi connectivity index (χ4n) is 8.09. The van der Waals surface area contributed by atoms with Gasteiger partial charge in [-0.15, -0.1) is 0 Å². The summed E-state index contributed by atoms with van der Waals surface area (Å²) in [5.74, 6) is 1.01. The first kappa shape index (κ1) is 30.1. The summed E-state index contributed by atoms with van der Waals surface area (Å²) in [6, 6.07) is 11.1. The maximum absolute atomic E-state index is 13.7. The number of carbonyl (C=O) groups excluding carboxylic acids is 1. The van der Waals surface area contributed by atoms with E-state index in [2.05, 4.69) is 40.5 Å². The van der Waals surface area contributed by atoms with Crippen LogP contribution >= 0.6 is 0 Å². The predicted octanol–water partition coefficient (Wildman–Crippen LogP) is 4.60. The van der Waals surface area contributed by atoms with Crippen molar-refractivity contribution < 1.29 is 18.3 Å². The summed E-state index contributed by atoms with van der Waals surface area (Å²) in [7, 11) is -3.15. The van der Waals surface area contributed by atoms with E-state index in [9.17, 15) is 18.3 Å². The third-order valence-corrected chi connectivity index (χ3v) is 12.8. The van der Waals surface area contributed by atoms with Crippen LogP contribution in [0.2, 0.25) is 0 Å². The first-order valence-corrected chi connectivity index (χ1v) is 18.4. The highest BCUT2D eigenvalue weighted by molar-refractivity contribution is 7.89. The largest absolute Gasteiger partial charge is 0.392 e. The number of amides is 2. The summed E-state index contributed by atoms with van der Waals surface area (Å²) in [4.78, 5) is 23.3.